The molecule has 0 bridgehead atoms. The van der Waals surface area contributed by atoms with E-state index in [0.29, 0.717) is 40.9 Å². The number of ether oxygens (including phenoxy) is 6. The molecular weight excluding hydrogens is 392 g/mol. The molecule has 0 radical (unpaired) electrons. The summed E-state index contributed by atoms with van der Waals surface area (Å²) in [5.41, 5.74) is 1.47. The molecule has 2 aliphatic heterocycles. The van der Waals surface area contributed by atoms with E-state index >= 15 is 0 Å². The highest BCUT2D eigenvalue weighted by Gasteiger charge is 2.42. The van der Waals surface area contributed by atoms with Crippen molar-refractivity contribution in [1.29, 1.82) is 0 Å². The van der Waals surface area contributed by atoms with E-state index < -0.39 is 12.2 Å². The molecule has 162 valence electrons. The molecule has 0 aromatic heterocycles. The SMILES string of the molecule is COc1cc([C@@H]2OC[C@@H]([C@H](O)c3ccc4c(c3)OCO4)[C@H]2CO)cc(OC)c1OC. The van der Waals surface area contributed by atoms with E-state index in [9.17, 15) is 10.2 Å². The second kappa shape index (κ2) is 8.59. The van der Waals surface area contributed by atoms with Crippen LogP contribution >= 0.6 is 0 Å². The Bertz CT molecular complexity index is 874. The van der Waals surface area contributed by atoms with Gasteiger partial charge in [0, 0.05) is 18.4 Å². The van der Waals surface area contributed by atoms with Crippen LogP contribution < -0.4 is 23.7 Å². The Hall–Kier alpha value is -2.68. The van der Waals surface area contributed by atoms with Gasteiger partial charge in [0.15, 0.2) is 23.0 Å². The molecule has 1 saturated heterocycles. The van der Waals surface area contributed by atoms with E-state index in [1.807, 2.05) is 12.1 Å². The fourth-order valence-electron chi connectivity index (χ4n) is 4.20. The molecule has 4 atom stereocenters. The summed E-state index contributed by atoms with van der Waals surface area (Å²) in [4.78, 5) is 0. The molecule has 2 heterocycles. The average Bonchev–Trinajstić information content (AvgIpc) is 3.43. The molecular formula is C22H26O8. The van der Waals surface area contributed by atoms with Crippen molar-refractivity contribution in [2.24, 2.45) is 11.8 Å². The first-order valence-electron chi connectivity index (χ1n) is 9.71. The van der Waals surface area contributed by atoms with Crippen LogP contribution in [0.15, 0.2) is 30.3 Å². The molecule has 2 aliphatic rings. The minimum atomic E-state index is -0.830. The third-order valence-corrected chi connectivity index (χ3v) is 5.78. The van der Waals surface area contributed by atoms with E-state index in [0.717, 1.165) is 5.56 Å². The number of fused-ring (bicyclic) bond motifs is 1. The van der Waals surface area contributed by atoms with E-state index in [-0.39, 0.29) is 25.2 Å². The lowest BCUT2D eigenvalue weighted by Gasteiger charge is -2.26. The second-order valence-corrected chi connectivity index (χ2v) is 7.28. The van der Waals surface area contributed by atoms with Crippen LogP contribution in [0.3, 0.4) is 0 Å². The molecule has 0 saturated carbocycles. The lowest BCUT2D eigenvalue weighted by Crippen LogP contribution is -2.25. The number of aliphatic hydroxyl groups excluding tert-OH is 2. The highest BCUT2D eigenvalue weighted by molar-refractivity contribution is 5.54. The van der Waals surface area contributed by atoms with Crippen molar-refractivity contribution in [3.63, 3.8) is 0 Å². The Morgan fingerprint density at radius 3 is 2.33 bits per heavy atom. The van der Waals surface area contributed by atoms with Gasteiger partial charge in [-0.25, -0.2) is 0 Å². The Labute approximate surface area is 174 Å². The maximum atomic E-state index is 11.0. The van der Waals surface area contributed by atoms with Crippen molar-refractivity contribution in [3.8, 4) is 28.7 Å². The molecule has 2 N–H and O–H groups in total. The van der Waals surface area contributed by atoms with E-state index in [1.54, 1.807) is 39.5 Å². The van der Waals surface area contributed by atoms with Crippen LogP contribution in [0.5, 0.6) is 28.7 Å². The first-order valence-corrected chi connectivity index (χ1v) is 9.71. The van der Waals surface area contributed by atoms with E-state index in [2.05, 4.69) is 0 Å². The Morgan fingerprint density at radius 1 is 1.00 bits per heavy atom. The molecule has 2 aromatic carbocycles. The quantitative estimate of drug-likeness (QED) is 0.708. The van der Waals surface area contributed by atoms with Gasteiger partial charge in [0.05, 0.1) is 40.1 Å². The normalized spacial score (nSPS) is 23.3. The smallest absolute Gasteiger partial charge is 0.231 e. The zero-order valence-electron chi connectivity index (χ0n) is 17.2. The van der Waals surface area contributed by atoms with Crippen molar-refractivity contribution in [1.82, 2.24) is 0 Å². The predicted molar refractivity (Wildman–Crippen MR) is 106 cm³/mol. The topological polar surface area (TPSA) is 95.8 Å². The zero-order valence-corrected chi connectivity index (χ0v) is 17.2. The van der Waals surface area contributed by atoms with Gasteiger partial charge in [-0.05, 0) is 35.4 Å². The average molecular weight is 418 g/mol. The largest absolute Gasteiger partial charge is 0.493 e. The number of hydrogen-bond acceptors (Lipinski definition) is 8. The summed E-state index contributed by atoms with van der Waals surface area (Å²) in [6, 6.07) is 8.98. The van der Waals surface area contributed by atoms with Gasteiger partial charge in [-0.1, -0.05) is 6.07 Å². The van der Waals surface area contributed by atoms with Crippen LogP contribution in [-0.2, 0) is 4.74 Å². The van der Waals surface area contributed by atoms with Crippen LogP contribution in [0.4, 0.5) is 0 Å². The molecule has 0 aliphatic carbocycles. The molecule has 30 heavy (non-hydrogen) atoms. The number of aliphatic hydroxyl groups is 2. The molecule has 4 rings (SSSR count). The third kappa shape index (κ3) is 3.51. The lowest BCUT2D eigenvalue weighted by atomic mass is 9.82. The van der Waals surface area contributed by atoms with Gasteiger partial charge < -0.3 is 38.6 Å². The molecule has 8 nitrogen and oxygen atoms in total. The fourth-order valence-corrected chi connectivity index (χ4v) is 4.20. The lowest BCUT2D eigenvalue weighted by molar-refractivity contribution is 0.0632. The highest BCUT2D eigenvalue weighted by Crippen LogP contribution is 2.48. The maximum Gasteiger partial charge on any atom is 0.231 e. The second-order valence-electron chi connectivity index (χ2n) is 7.28. The number of hydrogen-bond donors (Lipinski definition) is 2. The van der Waals surface area contributed by atoms with Crippen molar-refractivity contribution in [3.05, 3.63) is 41.5 Å². The van der Waals surface area contributed by atoms with Crippen molar-refractivity contribution >= 4 is 0 Å². The van der Waals surface area contributed by atoms with Crippen LogP contribution in [0.2, 0.25) is 0 Å². The summed E-state index contributed by atoms with van der Waals surface area (Å²) < 4.78 is 33.0. The Kier molecular flexibility index (Phi) is 5.90. The summed E-state index contributed by atoms with van der Waals surface area (Å²) in [7, 11) is 4.64. The summed E-state index contributed by atoms with van der Waals surface area (Å²) in [6.45, 7) is 0.319. The fraction of sp³-hybridized carbons (Fsp3) is 0.455. The van der Waals surface area contributed by atoms with Gasteiger partial charge in [-0.15, -0.1) is 0 Å². The Morgan fingerprint density at radius 2 is 1.70 bits per heavy atom. The van der Waals surface area contributed by atoms with Crippen molar-refractivity contribution < 1.29 is 38.6 Å². The van der Waals surface area contributed by atoms with E-state index in [4.69, 9.17) is 28.4 Å². The molecule has 2 aromatic rings. The minimum Gasteiger partial charge on any atom is -0.493 e. The minimum absolute atomic E-state index is 0.145. The van der Waals surface area contributed by atoms with Gasteiger partial charge in [0.2, 0.25) is 12.5 Å². The maximum absolute atomic E-state index is 11.0. The van der Waals surface area contributed by atoms with Crippen LogP contribution in [-0.4, -0.2) is 51.5 Å². The molecule has 8 heteroatoms. The standard InChI is InChI=1S/C22H26O8/c1-25-18-7-13(8-19(26-2)22(18)27-3)21-14(9-23)15(10-28-21)20(24)12-4-5-16-17(6-12)30-11-29-16/h4-8,14-15,20-21,23-24H,9-11H2,1-3H3/t14-,15-,20-,21+/m1/s1. The molecule has 0 amide bonds. The van der Waals surface area contributed by atoms with Gasteiger partial charge in [-0.2, -0.15) is 0 Å². The van der Waals surface area contributed by atoms with Crippen molar-refractivity contribution in [2.75, 3.05) is 41.3 Å². The van der Waals surface area contributed by atoms with Gasteiger partial charge >= 0.3 is 0 Å². The van der Waals surface area contributed by atoms with Gasteiger partial charge in [-0.3, -0.25) is 0 Å². The third-order valence-electron chi connectivity index (χ3n) is 5.78. The number of benzene rings is 2. The summed E-state index contributed by atoms with van der Waals surface area (Å²) in [6.07, 6.45) is -1.26. The summed E-state index contributed by atoms with van der Waals surface area (Å²) in [5.74, 6) is 2.13. The van der Waals surface area contributed by atoms with Gasteiger partial charge in [0.25, 0.3) is 0 Å². The zero-order chi connectivity index (χ0) is 21.3. The monoisotopic (exact) mass is 418 g/mol. The molecule has 0 spiro atoms. The van der Waals surface area contributed by atoms with Crippen LogP contribution in [0.1, 0.15) is 23.3 Å². The van der Waals surface area contributed by atoms with Crippen LogP contribution in [0.25, 0.3) is 0 Å². The van der Waals surface area contributed by atoms with Crippen molar-refractivity contribution in [2.45, 2.75) is 12.2 Å². The number of methoxy groups -OCH3 is 3. The van der Waals surface area contributed by atoms with Crippen LogP contribution in [0, 0.1) is 11.8 Å². The first-order chi connectivity index (χ1) is 14.6. The first kappa shape index (κ1) is 20.6. The van der Waals surface area contributed by atoms with E-state index in [1.165, 1.54) is 0 Å². The Balaban J connectivity index is 1.61. The molecule has 0 unspecified atom stereocenters. The van der Waals surface area contributed by atoms with Gasteiger partial charge in [0.1, 0.15) is 0 Å². The predicted octanol–water partition coefficient (Wildman–Crippen LogP) is 2.47. The number of rotatable bonds is 7. The summed E-state index contributed by atoms with van der Waals surface area (Å²) >= 11 is 0. The molecule has 1 fully saturated rings. The summed E-state index contributed by atoms with van der Waals surface area (Å²) in [5, 5.41) is 21.2. The highest BCUT2D eigenvalue weighted by atomic mass is 16.7.